The molecular formula is C25H20N2O3. The number of hydrazone groups is 1. The Morgan fingerprint density at radius 3 is 2.47 bits per heavy atom. The summed E-state index contributed by atoms with van der Waals surface area (Å²) in [4.78, 5) is 26.3. The number of terminal acetylenes is 1. The molecule has 2 bridgehead atoms. The zero-order valence-electron chi connectivity index (χ0n) is 16.3. The molecule has 6 atom stereocenters. The van der Waals surface area contributed by atoms with Crippen LogP contribution in [0.25, 0.3) is 10.8 Å². The molecule has 5 aliphatic rings. The lowest BCUT2D eigenvalue weighted by molar-refractivity contribution is -0.140. The van der Waals surface area contributed by atoms with Crippen molar-refractivity contribution in [2.24, 2.45) is 40.6 Å². The largest absolute Gasteiger partial charge is 0.480 e. The van der Waals surface area contributed by atoms with Gasteiger partial charge in [0.2, 0.25) is 0 Å². The highest BCUT2D eigenvalue weighted by Gasteiger charge is 2.67. The van der Waals surface area contributed by atoms with Gasteiger partial charge in [-0.15, -0.1) is 6.42 Å². The molecule has 0 N–H and O–H groups in total. The molecule has 0 unspecified atom stereocenters. The second-order valence-corrected chi connectivity index (χ2v) is 8.58. The summed E-state index contributed by atoms with van der Waals surface area (Å²) in [6.45, 7) is 0.128. The number of carbonyl (C=O) groups excluding carboxylic acids is 2. The molecule has 3 fully saturated rings. The Morgan fingerprint density at radius 2 is 1.77 bits per heavy atom. The average Bonchev–Trinajstić information content (AvgIpc) is 3.56. The van der Waals surface area contributed by atoms with Crippen LogP contribution >= 0.6 is 0 Å². The second kappa shape index (κ2) is 6.30. The van der Waals surface area contributed by atoms with E-state index in [1.54, 1.807) is 6.21 Å². The third-order valence-corrected chi connectivity index (χ3v) is 7.18. The van der Waals surface area contributed by atoms with Crippen molar-refractivity contribution in [2.45, 2.75) is 6.42 Å². The van der Waals surface area contributed by atoms with Gasteiger partial charge in [0.25, 0.3) is 11.8 Å². The molecule has 1 aliphatic heterocycles. The lowest BCUT2D eigenvalue weighted by Crippen LogP contribution is -2.40. The van der Waals surface area contributed by atoms with Gasteiger partial charge in [0.15, 0.2) is 0 Å². The third-order valence-electron chi connectivity index (χ3n) is 7.18. The Morgan fingerprint density at radius 1 is 1.07 bits per heavy atom. The molecule has 30 heavy (non-hydrogen) atoms. The fourth-order valence-corrected chi connectivity index (χ4v) is 5.82. The summed E-state index contributed by atoms with van der Waals surface area (Å²) in [5.74, 6) is 3.73. The molecule has 0 radical (unpaired) electrons. The van der Waals surface area contributed by atoms with E-state index < -0.39 is 0 Å². The minimum absolute atomic E-state index is 0.128. The van der Waals surface area contributed by atoms with Crippen LogP contribution in [0.5, 0.6) is 5.75 Å². The Labute approximate surface area is 174 Å². The zero-order chi connectivity index (χ0) is 20.4. The van der Waals surface area contributed by atoms with Crippen molar-refractivity contribution < 1.29 is 14.3 Å². The molecule has 5 nitrogen and oxygen atoms in total. The molecular weight excluding hydrogens is 376 g/mol. The van der Waals surface area contributed by atoms with Gasteiger partial charge < -0.3 is 4.74 Å². The summed E-state index contributed by atoms with van der Waals surface area (Å²) in [7, 11) is 0. The number of rotatable bonds is 4. The SMILES string of the molecule is C#CCOc1ccc2ccccc2c1/C=N\N1C(=O)[C@@H]2[C@H]3C=C[C@@H]([C@@H]4C[C@@H]34)[C@@H]2C1=O. The van der Waals surface area contributed by atoms with Gasteiger partial charge in [-0.1, -0.05) is 48.4 Å². The predicted octanol–water partition coefficient (Wildman–Crippen LogP) is 3.24. The van der Waals surface area contributed by atoms with Gasteiger partial charge in [-0.05, 0) is 46.9 Å². The zero-order valence-corrected chi connectivity index (χ0v) is 16.3. The smallest absolute Gasteiger partial charge is 0.254 e. The van der Waals surface area contributed by atoms with Gasteiger partial charge in [-0.2, -0.15) is 10.1 Å². The van der Waals surface area contributed by atoms with Crippen molar-refractivity contribution in [2.75, 3.05) is 6.61 Å². The Hall–Kier alpha value is -3.39. The molecule has 1 heterocycles. The van der Waals surface area contributed by atoms with Crippen molar-refractivity contribution in [1.29, 1.82) is 0 Å². The second-order valence-electron chi connectivity index (χ2n) is 8.58. The van der Waals surface area contributed by atoms with E-state index in [2.05, 4.69) is 23.2 Å². The van der Waals surface area contributed by atoms with Crippen molar-refractivity contribution in [3.8, 4) is 18.1 Å². The molecule has 1 saturated heterocycles. The van der Waals surface area contributed by atoms with Crippen LogP contribution in [0, 0.1) is 47.9 Å². The highest BCUT2D eigenvalue weighted by atomic mass is 16.5. The lowest BCUT2D eigenvalue weighted by atomic mass is 9.63. The van der Waals surface area contributed by atoms with E-state index >= 15 is 0 Å². The van der Waals surface area contributed by atoms with E-state index in [1.165, 1.54) is 0 Å². The number of allylic oxidation sites excluding steroid dienone is 2. The summed E-state index contributed by atoms with van der Waals surface area (Å²) in [6, 6.07) is 11.6. The minimum atomic E-state index is -0.252. The van der Waals surface area contributed by atoms with Crippen molar-refractivity contribution in [1.82, 2.24) is 5.01 Å². The first-order valence-corrected chi connectivity index (χ1v) is 10.4. The van der Waals surface area contributed by atoms with Crippen LogP contribution in [0.4, 0.5) is 0 Å². The Kier molecular flexibility index (Phi) is 3.67. The maximum Gasteiger partial charge on any atom is 0.254 e. The highest BCUT2D eigenvalue weighted by molar-refractivity contribution is 6.08. The predicted molar refractivity (Wildman–Crippen MR) is 112 cm³/mol. The van der Waals surface area contributed by atoms with Crippen LogP contribution < -0.4 is 4.74 Å². The number of benzene rings is 2. The number of hydrogen-bond acceptors (Lipinski definition) is 4. The van der Waals surface area contributed by atoms with Crippen LogP contribution in [0.3, 0.4) is 0 Å². The first-order valence-electron chi connectivity index (χ1n) is 10.4. The van der Waals surface area contributed by atoms with Crippen LogP contribution in [0.2, 0.25) is 0 Å². The van der Waals surface area contributed by atoms with Crippen LogP contribution in [0.15, 0.2) is 53.7 Å². The fraction of sp³-hybridized carbons (Fsp3) is 0.320. The van der Waals surface area contributed by atoms with E-state index in [-0.39, 0.29) is 42.1 Å². The van der Waals surface area contributed by atoms with Crippen LogP contribution in [0.1, 0.15) is 12.0 Å². The number of fused-ring (bicyclic) bond motifs is 1. The fourth-order valence-electron chi connectivity index (χ4n) is 5.82. The first kappa shape index (κ1) is 17.5. The van der Waals surface area contributed by atoms with Crippen molar-refractivity contribution >= 4 is 28.8 Å². The lowest BCUT2D eigenvalue weighted by Gasteiger charge is -2.37. The van der Waals surface area contributed by atoms with E-state index in [9.17, 15) is 9.59 Å². The molecule has 7 rings (SSSR count). The number of carbonyl (C=O) groups is 2. The van der Waals surface area contributed by atoms with E-state index in [4.69, 9.17) is 11.2 Å². The number of ether oxygens (including phenoxy) is 1. The van der Waals surface area contributed by atoms with E-state index in [0.29, 0.717) is 23.1 Å². The summed E-state index contributed by atoms with van der Waals surface area (Å²) < 4.78 is 5.70. The molecule has 148 valence electrons. The summed E-state index contributed by atoms with van der Waals surface area (Å²) in [5.41, 5.74) is 0.711. The van der Waals surface area contributed by atoms with Gasteiger partial charge in [0, 0.05) is 5.56 Å². The van der Waals surface area contributed by atoms with Gasteiger partial charge in [0.1, 0.15) is 12.4 Å². The van der Waals surface area contributed by atoms with Crippen molar-refractivity contribution in [3.05, 3.63) is 54.1 Å². The molecule has 2 saturated carbocycles. The molecule has 0 spiro atoms. The van der Waals surface area contributed by atoms with Crippen molar-refractivity contribution in [3.63, 3.8) is 0 Å². The molecule has 0 aromatic heterocycles. The van der Waals surface area contributed by atoms with Gasteiger partial charge in [0.05, 0.1) is 18.1 Å². The Balaban J connectivity index is 1.37. The number of nitrogens with zero attached hydrogens (tertiary/aromatic N) is 2. The number of hydrogen-bond donors (Lipinski definition) is 0. The molecule has 2 amide bonds. The summed E-state index contributed by atoms with van der Waals surface area (Å²) in [5, 5.41) is 7.42. The summed E-state index contributed by atoms with van der Waals surface area (Å²) in [6.07, 6.45) is 12.4. The average molecular weight is 396 g/mol. The topological polar surface area (TPSA) is 59.0 Å². The minimum Gasteiger partial charge on any atom is -0.480 e. The third kappa shape index (κ3) is 2.34. The highest BCUT2D eigenvalue weighted by Crippen LogP contribution is 2.65. The summed E-state index contributed by atoms with van der Waals surface area (Å²) >= 11 is 0. The molecule has 2 aromatic rings. The normalized spacial score (nSPS) is 33.1. The van der Waals surface area contributed by atoms with E-state index in [0.717, 1.165) is 22.2 Å². The van der Waals surface area contributed by atoms with E-state index in [1.807, 2.05) is 36.4 Å². The van der Waals surface area contributed by atoms with Crippen LogP contribution in [-0.2, 0) is 9.59 Å². The van der Waals surface area contributed by atoms with Crippen LogP contribution in [-0.4, -0.2) is 29.6 Å². The number of amides is 2. The quantitative estimate of drug-likeness (QED) is 0.345. The molecule has 5 heteroatoms. The maximum atomic E-state index is 13.1. The molecule has 2 aromatic carbocycles. The molecule has 4 aliphatic carbocycles. The first-order chi connectivity index (χ1) is 14.7. The number of imide groups is 1. The van der Waals surface area contributed by atoms with Gasteiger partial charge in [-0.25, -0.2) is 0 Å². The van der Waals surface area contributed by atoms with Gasteiger partial charge in [-0.3, -0.25) is 9.59 Å². The Bertz CT molecular complexity index is 1150. The van der Waals surface area contributed by atoms with Gasteiger partial charge >= 0.3 is 0 Å². The standard InChI is InChI=1S/C25H20N2O3/c1-2-11-30-21-10-7-14-5-3-4-6-15(14)20(21)13-26-27-24(28)22-16-8-9-17(19-12-18(16)19)23(22)25(27)29/h1,3-10,13,16-19,22-23H,11-12H2/b26-13-/t16-,17-,18-,19-,22-,23+/m0/s1. The maximum absolute atomic E-state index is 13.1. The monoisotopic (exact) mass is 396 g/mol.